The van der Waals surface area contributed by atoms with Crippen molar-refractivity contribution >= 4 is 0 Å². The van der Waals surface area contributed by atoms with Crippen molar-refractivity contribution in [2.75, 3.05) is 6.61 Å². The lowest BCUT2D eigenvalue weighted by Crippen LogP contribution is -2.32. The normalized spacial score (nSPS) is 21.1. The maximum atomic E-state index is 6.43. The van der Waals surface area contributed by atoms with Gasteiger partial charge < -0.3 is 14.2 Å². The fourth-order valence-electron chi connectivity index (χ4n) is 3.74. The summed E-state index contributed by atoms with van der Waals surface area (Å²) < 4.78 is 18.8. The Hall–Kier alpha value is -2.78. The quantitative estimate of drug-likeness (QED) is 0.521. The van der Waals surface area contributed by atoms with Crippen molar-refractivity contribution in [1.29, 1.82) is 0 Å². The molecule has 0 aromatic heterocycles. The van der Waals surface area contributed by atoms with E-state index in [1.54, 1.807) is 0 Å². The van der Waals surface area contributed by atoms with Gasteiger partial charge in [0.1, 0.15) is 30.3 Å². The molecule has 3 nitrogen and oxygen atoms in total. The summed E-state index contributed by atoms with van der Waals surface area (Å²) in [5, 5.41) is 0. The average molecular weight is 389 g/mol. The number of hydrogen-bond donors (Lipinski definition) is 0. The first-order chi connectivity index (χ1) is 14.1. The maximum absolute atomic E-state index is 6.43. The molecule has 0 amide bonds. The second-order valence-electron chi connectivity index (χ2n) is 7.85. The van der Waals surface area contributed by atoms with Gasteiger partial charge >= 0.3 is 0 Å². The topological polar surface area (TPSA) is 27.7 Å². The fourth-order valence-corrected chi connectivity index (χ4v) is 3.74. The molecule has 0 bridgehead atoms. The first-order valence-corrected chi connectivity index (χ1v) is 10.2. The van der Waals surface area contributed by atoms with Gasteiger partial charge in [0.2, 0.25) is 0 Å². The van der Waals surface area contributed by atoms with E-state index < -0.39 is 0 Å². The first-order valence-electron chi connectivity index (χ1n) is 10.2. The number of rotatable bonds is 6. The molecule has 3 aromatic carbocycles. The van der Waals surface area contributed by atoms with Crippen LogP contribution in [0.15, 0.2) is 72.8 Å². The van der Waals surface area contributed by atoms with Gasteiger partial charge in [0, 0.05) is 6.42 Å². The Kier molecular flexibility index (Phi) is 5.86. The summed E-state index contributed by atoms with van der Waals surface area (Å²) in [6, 6.07) is 24.7. The largest absolute Gasteiger partial charge is 0.491 e. The van der Waals surface area contributed by atoms with Crippen LogP contribution in [0.25, 0.3) is 0 Å². The highest BCUT2D eigenvalue weighted by molar-refractivity contribution is 5.30. The summed E-state index contributed by atoms with van der Waals surface area (Å²) in [7, 11) is 0. The van der Waals surface area contributed by atoms with E-state index in [4.69, 9.17) is 14.2 Å². The van der Waals surface area contributed by atoms with E-state index in [-0.39, 0.29) is 18.3 Å². The number of hydrogen-bond acceptors (Lipinski definition) is 3. The van der Waals surface area contributed by atoms with Crippen LogP contribution in [0.5, 0.6) is 11.5 Å². The van der Waals surface area contributed by atoms with Gasteiger partial charge in [-0.25, -0.2) is 0 Å². The molecular formula is C26H28O3. The lowest BCUT2D eigenvalue weighted by Gasteiger charge is -2.20. The molecule has 29 heavy (non-hydrogen) atoms. The predicted molar refractivity (Wildman–Crippen MR) is 116 cm³/mol. The Bertz CT molecular complexity index is 931. The van der Waals surface area contributed by atoms with Crippen molar-refractivity contribution in [3.05, 3.63) is 95.1 Å². The van der Waals surface area contributed by atoms with Gasteiger partial charge in [-0.1, -0.05) is 59.7 Å². The number of aryl methyl sites for hydroxylation is 3. The molecular weight excluding hydrogens is 360 g/mol. The van der Waals surface area contributed by atoms with E-state index in [2.05, 4.69) is 69.3 Å². The third-order valence-corrected chi connectivity index (χ3v) is 5.48. The molecule has 0 spiro atoms. The molecule has 3 aromatic rings. The molecule has 3 heteroatoms. The van der Waals surface area contributed by atoms with E-state index in [9.17, 15) is 0 Å². The van der Waals surface area contributed by atoms with Gasteiger partial charge in [0.25, 0.3) is 0 Å². The standard InChI is InChI=1S/C26H28O3/c1-18-8-12-21(13-9-18)27-17-26-25(28-22-14-10-19(2)11-15-22)16-24(29-26)23-7-5-4-6-20(23)3/h4-15,24-26H,16-17H2,1-3H3/t24-,25+,26-/m1/s1. The van der Waals surface area contributed by atoms with Crippen molar-refractivity contribution in [1.82, 2.24) is 0 Å². The van der Waals surface area contributed by atoms with Crippen LogP contribution >= 0.6 is 0 Å². The van der Waals surface area contributed by atoms with Crippen molar-refractivity contribution in [3.63, 3.8) is 0 Å². The van der Waals surface area contributed by atoms with Crippen molar-refractivity contribution in [3.8, 4) is 11.5 Å². The average Bonchev–Trinajstić information content (AvgIpc) is 3.12. The molecule has 1 heterocycles. The van der Waals surface area contributed by atoms with E-state index in [1.807, 2.05) is 24.3 Å². The summed E-state index contributed by atoms with van der Waals surface area (Å²) in [4.78, 5) is 0. The summed E-state index contributed by atoms with van der Waals surface area (Å²) in [6.45, 7) is 6.74. The molecule has 0 unspecified atom stereocenters. The van der Waals surface area contributed by atoms with Gasteiger partial charge in [0.15, 0.2) is 0 Å². The molecule has 0 radical (unpaired) electrons. The van der Waals surface area contributed by atoms with Crippen LogP contribution in [0.1, 0.15) is 34.8 Å². The zero-order valence-electron chi connectivity index (χ0n) is 17.3. The SMILES string of the molecule is Cc1ccc(OC[C@H]2O[C@@H](c3ccccc3C)C[C@@H]2Oc2ccc(C)cc2)cc1. The van der Waals surface area contributed by atoms with Crippen LogP contribution in [-0.4, -0.2) is 18.8 Å². The van der Waals surface area contributed by atoms with Gasteiger partial charge in [-0.05, 0) is 56.2 Å². The lowest BCUT2D eigenvalue weighted by atomic mass is 10.00. The van der Waals surface area contributed by atoms with E-state index in [1.165, 1.54) is 22.3 Å². The molecule has 1 fully saturated rings. The van der Waals surface area contributed by atoms with Gasteiger partial charge in [-0.3, -0.25) is 0 Å². The minimum absolute atomic E-state index is 0.0123. The summed E-state index contributed by atoms with van der Waals surface area (Å²) in [5.41, 5.74) is 4.90. The van der Waals surface area contributed by atoms with Crippen LogP contribution < -0.4 is 9.47 Å². The number of ether oxygens (including phenoxy) is 3. The third kappa shape index (κ3) is 4.80. The zero-order chi connectivity index (χ0) is 20.2. The zero-order valence-corrected chi connectivity index (χ0v) is 17.3. The minimum atomic E-state index is -0.137. The highest BCUT2D eigenvalue weighted by Gasteiger charge is 2.38. The molecule has 1 saturated heterocycles. The molecule has 1 aliphatic heterocycles. The Labute approximate surface area is 173 Å². The molecule has 0 saturated carbocycles. The molecule has 0 N–H and O–H groups in total. The van der Waals surface area contributed by atoms with Crippen molar-refractivity contribution in [2.24, 2.45) is 0 Å². The molecule has 150 valence electrons. The lowest BCUT2D eigenvalue weighted by molar-refractivity contribution is -0.0109. The molecule has 3 atom stereocenters. The molecule has 0 aliphatic carbocycles. The number of benzene rings is 3. The van der Waals surface area contributed by atoms with Crippen LogP contribution in [0, 0.1) is 20.8 Å². The van der Waals surface area contributed by atoms with Crippen molar-refractivity contribution < 1.29 is 14.2 Å². The predicted octanol–water partition coefficient (Wildman–Crippen LogP) is 5.97. The van der Waals surface area contributed by atoms with Crippen LogP contribution in [0.2, 0.25) is 0 Å². The highest BCUT2D eigenvalue weighted by atomic mass is 16.6. The second kappa shape index (κ2) is 8.71. The summed E-state index contributed by atoms with van der Waals surface area (Å²) >= 11 is 0. The fraction of sp³-hybridized carbons (Fsp3) is 0.308. The van der Waals surface area contributed by atoms with E-state index in [0.29, 0.717) is 6.61 Å². The Balaban J connectivity index is 1.50. The van der Waals surface area contributed by atoms with E-state index >= 15 is 0 Å². The maximum Gasteiger partial charge on any atom is 0.131 e. The monoisotopic (exact) mass is 388 g/mol. The second-order valence-corrected chi connectivity index (χ2v) is 7.85. The Morgan fingerprint density at radius 1 is 0.793 bits per heavy atom. The van der Waals surface area contributed by atoms with E-state index in [0.717, 1.165) is 17.9 Å². The Morgan fingerprint density at radius 2 is 1.41 bits per heavy atom. The van der Waals surface area contributed by atoms with Crippen LogP contribution in [-0.2, 0) is 4.74 Å². The van der Waals surface area contributed by atoms with Gasteiger partial charge in [-0.2, -0.15) is 0 Å². The smallest absolute Gasteiger partial charge is 0.131 e. The first kappa shape index (κ1) is 19.5. The minimum Gasteiger partial charge on any atom is -0.491 e. The highest BCUT2D eigenvalue weighted by Crippen LogP contribution is 2.37. The summed E-state index contributed by atoms with van der Waals surface area (Å²) in [6.07, 6.45) is 0.619. The van der Waals surface area contributed by atoms with Crippen LogP contribution in [0.4, 0.5) is 0 Å². The summed E-state index contributed by atoms with van der Waals surface area (Å²) in [5.74, 6) is 1.72. The van der Waals surface area contributed by atoms with Crippen LogP contribution in [0.3, 0.4) is 0 Å². The molecule has 1 aliphatic rings. The Morgan fingerprint density at radius 3 is 2.07 bits per heavy atom. The van der Waals surface area contributed by atoms with Gasteiger partial charge in [-0.15, -0.1) is 0 Å². The van der Waals surface area contributed by atoms with Crippen molar-refractivity contribution in [2.45, 2.75) is 45.5 Å². The molecule has 4 rings (SSSR count). The third-order valence-electron chi connectivity index (χ3n) is 5.48. The van der Waals surface area contributed by atoms with Gasteiger partial charge in [0.05, 0.1) is 6.10 Å².